The summed E-state index contributed by atoms with van der Waals surface area (Å²) in [6.07, 6.45) is -0.784. The van der Waals surface area contributed by atoms with Crippen LogP contribution in [0.1, 0.15) is 6.92 Å². The largest absolute Gasteiger partial charge is 0.449 e. The molecule has 0 spiro atoms. The fraction of sp³-hybridized carbons (Fsp3) is 0.667. The zero-order valence-electron chi connectivity index (χ0n) is 6.49. The van der Waals surface area contributed by atoms with Crippen molar-refractivity contribution >= 4 is 12.0 Å². The molecule has 0 saturated heterocycles. The predicted octanol–water partition coefficient (Wildman–Crippen LogP) is 0.0318. The number of hydrogen-bond donors (Lipinski definition) is 0. The van der Waals surface area contributed by atoms with Crippen LogP contribution in [0.3, 0.4) is 0 Å². The molecule has 0 aromatic rings. The number of ether oxygens (including phenoxy) is 1. The molecule has 0 bridgehead atoms. The van der Waals surface area contributed by atoms with Gasteiger partial charge < -0.3 is 4.74 Å². The van der Waals surface area contributed by atoms with Crippen LogP contribution in [0.25, 0.3) is 0 Å². The van der Waals surface area contributed by atoms with Crippen molar-refractivity contribution in [2.24, 2.45) is 0 Å². The molecule has 1 radical (unpaired) electrons. The first kappa shape index (κ1) is 9.90. The summed E-state index contributed by atoms with van der Waals surface area (Å²) in [6.45, 7) is 0.873. The summed E-state index contributed by atoms with van der Waals surface area (Å²) in [4.78, 5) is 21.9. The Bertz CT molecular complexity index is 157. The highest BCUT2D eigenvalue weighted by Gasteiger charge is 2.16. The summed E-state index contributed by atoms with van der Waals surface area (Å²) in [5.74, 6) is -0.788. The number of nitrogens with zero attached hydrogens (tertiary/aromatic N) is 1. The second-order valence-corrected chi connectivity index (χ2v) is 1.80. The van der Waals surface area contributed by atoms with Crippen molar-refractivity contribution < 1.29 is 19.4 Å². The number of rotatable bonds is 2. The van der Waals surface area contributed by atoms with Gasteiger partial charge in [0.2, 0.25) is 0 Å². The van der Waals surface area contributed by atoms with Crippen LogP contribution in [0, 0.1) is 0 Å². The van der Waals surface area contributed by atoms with E-state index >= 15 is 0 Å². The van der Waals surface area contributed by atoms with Gasteiger partial charge >= 0.3 is 6.09 Å². The fourth-order valence-electron chi connectivity index (χ4n) is 0.419. The summed E-state index contributed by atoms with van der Waals surface area (Å²) in [5.41, 5.74) is 0. The zero-order valence-corrected chi connectivity index (χ0v) is 6.49. The molecular weight excluding hydrogens is 150 g/mol. The molecule has 0 rings (SSSR count). The molecule has 0 aromatic carbocycles. The number of hydrogen-bond acceptors (Lipinski definition) is 3. The van der Waals surface area contributed by atoms with Gasteiger partial charge in [0.05, 0.1) is 6.61 Å². The van der Waals surface area contributed by atoms with Crippen LogP contribution in [-0.2, 0) is 14.6 Å². The molecule has 0 N–H and O–H groups in total. The average Bonchev–Trinajstić information content (AvgIpc) is 2.02. The number of likely N-dealkylation sites (N-methyl/N-ethyl adjacent to an activating group) is 1. The second kappa shape index (κ2) is 4.68. The van der Waals surface area contributed by atoms with E-state index in [1.54, 1.807) is 6.92 Å². The quantitative estimate of drug-likeness (QED) is 0.572. The third kappa shape index (κ3) is 2.99. The average molecular weight is 160 g/mol. The number of carbonyl (C=O) groups excluding carboxylic acids is 2. The Morgan fingerprint density at radius 2 is 2.00 bits per heavy atom. The molecule has 11 heavy (non-hydrogen) atoms. The van der Waals surface area contributed by atoms with Crippen molar-refractivity contribution in [1.82, 2.24) is 4.90 Å². The normalized spacial score (nSPS) is 9.00. The van der Waals surface area contributed by atoms with Crippen LogP contribution in [0.15, 0.2) is 0 Å². The molecular formula is C6H10NO4. The van der Waals surface area contributed by atoms with Crippen molar-refractivity contribution in [3.63, 3.8) is 0 Å². The zero-order chi connectivity index (χ0) is 8.85. The Hall–Kier alpha value is -1.10. The summed E-state index contributed by atoms with van der Waals surface area (Å²) >= 11 is 0. The van der Waals surface area contributed by atoms with Gasteiger partial charge in [0.25, 0.3) is 5.91 Å². The first-order valence-electron chi connectivity index (χ1n) is 3.14. The molecule has 0 aliphatic carbocycles. The van der Waals surface area contributed by atoms with Gasteiger partial charge in [-0.2, -0.15) is 0 Å². The molecule has 0 aromatic heterocycles. The molecule has 0 aliphatic rings. The fourth-order valence-corrected chi connectivity index (χ4v) is 0.419. The van der Waals surface area contributed by atoms with Gasteiger partial charge in [-0.25, -0.2) is 14.8 Å². The van der Waals surface area contributed by atoms with Crippen molar-refractivity contribution in [2.75, 3.05) is 20.3 Å². The maximum absolute atomic E-state index is 10.7. The smallest absolute Gasteiger partial charge is 0.416 e. The molecule has 0 fully saturated rings. The lowest BCUT2D eigenvalue weighted by Gasteiger charge is -2.11. The molecule has 2 amide bonds. The van der Waals surface area contributed by atoms with Crippen molar-refractivity contribution in [1.29, 1.82) is 0 Å². The third-order valence-electron chi connectivity index (χ3n) is 1.04. The van der Waals surface area contributed by atoms with Crippen LogP contribution in [-0.4, -0.2) is 37.2 Å². The van der Waals surface area contributed by atoms with E-state index in [-0.39, 0.29) is 6.61 Å². The second-order valence-electron chi connectivity index (χ2n) is 1.80. The highest BCUT2D eigenvalue weighted by Crippen LogP contribution is 1.90. The Morgan fingerprint density at radius 1 is 1.45 bits per heavy atom. The van der Waals surface area contributed by atoms with Crippen LogP contribution < -0.4 is 0 Å². The molecule has 0 heterocycles. The molecule has 0 aliphatic heterocycles. The summed E-state index contributed by atoms with van der Waals surface area (Å²) in [7, 11) is 1.21. The monoisotopic (exact) mass is 160 g/mol. The molecule has 0 saturated carbocycles. The Labute approximate surface area is 64.6 Å². The lowest BCUT2D eigenvalue weighted by atomic mass is 10.6. The summed E-state index contributed by atoms with van der Waals surface area (Å²) in [5, 5.41) is 9.98. The molecule has 5 heteroatoms. The first-order chi connectivity index (χ1) is 5.13. The third-order valence-corrected chi connectivity index (χ3v) is 1.04. The number of amides is 2. The molecule has 0 atom stereocenters. The van der Waals surface area contributed by atoms with E-state index in [2.05, 4.69) is 4.74 Å². The van der Waals surface area contributed by atoms with Crippen LogP contribution in [0.2, 0.25) is 0 Å². The Balaban J connectivity index is 3.91. The van der Waals surface area contributed by atoms with Crippen LogP contribution in [0.4, 0.5) is 4.79 Å². The lowest BCUT2D eigenvalue weighted by molar-refractivity contribution is -0.133. The maximum atomic E-state index is 10.7. The number of carbonyl (C=O) groups is 2. The minimum absolute atomic E-state index is 0.190. The van der Waals surface area contributed by atoms with Gasteiger partial charge in [0, 0.05) is 7.05 Å². The van der Waals surface area contributed by atoms with Gasteiger partial charge in [-0.15, -0.1) is 0 Å². The van der Waals surface area contributed by atoms with E-state index in [9.17, 15) is 14.7 Å². The van der Waals surface area contributed by atoms with Crippen molar-refractivity contribution in [3.05, 3.63) is 0 Å². The van der Waals surface area contributed by atoms with Gasteiger partial charge in [-0.1, -0.05) is 0 Å². The summed E-state index contributed by atoms with van der Waals surface area (Å²) < 4.78 is 4.45. The predicted molar refractivity (Wildman–Crippen MR) is 35.3 cm³/mol. The number of imide groups is 1. The highest BCUT2D eigenvalue weighted by molar-refractivity contribution is 5.92. The maximum Gasteiger partial charge on any atom is 0.416 e. The van der Waals surface area contributed by atoms with E-state index in [1.807, 2.05) is 0 Å². The highest BCUT2D eigenvalue weighted by atomic mass is 16.6. The van der Waals surface area contributed by atoms with E-state index in [0.29, 0.717) is 4.90 Å². The Morgan fingerprint density at radius 3 is 2.36 bits per heavy atom. The van der Waals surface area contributed by atoms with Gasteiger partial charge in [0.1, 0.15) is 0 Å². The first-order valence-corrected chi connectivity index (χ1v) is 3.14. The molecule has 0 unspecified atom stereocenters. The lowest BCUT2D eigenvalue weighted by Crippen LogP contribution is -2.35. The topological polar surface area (TPSA) is 66.5 Å². The van der Waals surface area contributed by atoms with E-state index in [1.165, 1.54) is 7.05 Å². The van der Waals surface area contributed by atoms with E-state index in [4.69, 9.17) is 0 Å². The van der Waals surface area contributed by atoms with Crippen LogP contribution >= 0.6 is 0 Å². The summed E-state index contributed by atoms with van der Waals surface area (Å²) in [6, 6.07) is 0. The standard InChI is InChI=1S/C6H10NO4/c1-3-11-6(10)7(2)5(9)4-8/h3-4H2,1-2H3. The van der Waals surface area contributed by atoms with Gasteiger partial charge in [0.15, 0.2) is 6.61 Å². The molecule has 63 valence electrons. The van der Waals surface area contributed by atoms with E-state index < -0.39 is 18.6 Å². The minimum Gasteiger partial charge on any atom is -0.449 e. The van der Waals surface area contributed by atoms with Crippen LogP contribution in [0.5, 0.6) is 0 Å². The van der Waals surface area contributed by atoms with Crippen molar-refractivity contribution in [2.45, 2.75) is 6.92 Å². The SMILES string of the molecule is CCOC(=O)N(C)C(=O)C[O]. The minimum atomic E-state index is -0.935. The van der Waals surface area contributed by atoms with Gasteiger partial charge in [-0.05, 0) is 6.92 Å². The van der Waals surface area contributed by atoms with Crippen molar-refractivity contribution in [3.8, 4) is 0 Å². The van der Waals surface area contributed by atoms with Gasteiger partial charge in [-0.3, -0.25) is 4.79 Å². The Kier molecular flexibility index (Phi) is 4.21. The molecule has 5 nitrogen and oxygen atoms in total. The van der Waals surface area contributed by atoms with E-state index in [0.717, 1.165) is 0 Å².